The minimum atomic E-state index is 0.127. The Kier molecular flexibility index (Phi) is 4.74. The van der Waals surface area contributed by atoms with Gasteiger partial charge in [-0.15, -0.1) is 0 Å². The van der Waals surface area contributed by atoms with Crippen molar-refractivity contribution in [3.05, 3.63) is 0 Å². The van der Waals surface area contributed by atoms with E-state index in [1.54, 1.807) is 0 Å². The summed E-state index contributed by atoms with van der Waals surface area (Å²) in [6.07, 6.45) is 7.91. The summed E-state index contributed by atoms with van der Waals surface area (Å²) in [5.41, 5.74) is 0. The maximum Gasteiger partial charge on any atom is 0.0749 e. The first kappa shape index (κ1) is 13.1. The molecular weight excluding hydrogens is 179 g/mol. The minimum absolute atomic E-state index is 0.127. The molecule has 1 fully saturated rings. The van der Waals surface area contributed by atoms with Crippen LogP contribution in [0.15, 0.2) is 0 Å². The van der Waals surface area contributed by atoms with Gasteiger partial charge >= 0.3 is 0 Å². The predicted molar refractivity (Wildman–Crippen MR) is 69.3 cm³/mol. The Hall–Kier alpha value is 0.0649. The van der Waals surface area contributed by atoms with E-state index in [2.05, 4.69) is 27.7 Å². The van der Waals surface area contributed by atoms with E-state index in [4.69, 9.17) is 7.85 Å². The average Bonchev–Trinajstić information content (AvgIpc) is 2.10. The molecule has 0 unspecified atom stereocenters. The summed E-state index contributed by atoms with van der Waals surface area (Å²) in [5, 5.41) is 0.127. The number of rotatable bonds is 2. The van der Waals surface area contributed by atoms with Crippen molar-refractivity contribution in [2.75, 3.05) is 0 Å². The normalized spacial score (nSPS) is 34.1. The second kappa shape index (κ2) is 5.41. The average molecular weight is 206 g/mol. The van der Waals surface area contributed by atoms with Crippen LogP contribution in [0.2, 0.25) is 5.31 Å². The van der Waals surface area contributed by atoms with Crippen molar-refractivity contribution in [1.82, 2.24) is 0 Å². The molecule has 86 valence electrons. The van der Waals surface area contributed by atoms with Gasteiger partial charge < -0.3 is 0 Å². The fraction of sp³-hybridized carbons (Fsp3) is 1.00. The zero-order chi connectivity index (χ0) is 11.5. The van der Waals surface area contributed by atoms with E-state index in [1.807, 2.05) is 0 Å². The molecule has 0 amide bonds. The second-order valence-electron chi connectivity index (χ2n) is 6.18. The van der Waals surface area contributed by atoms with Crippen molar-refractivity contribution in [2.45, 2.75) is 71.5 Å². The first-order valence-corrected chi connectivity index (χ1v) is 6.74. The lowest BCUT2D eigenvalue weighted by molar-refractivity contribution is 0.246. The summed E-state index contributed by atoms with van der Waals surface area (Å²) in [4.78, 5) is 0. The first-order valence-electron chi connectivity index (χ1n) is 6.74. The van der Waals surface area contributed by atoms with Crippen molar-refractivity contribution in [3.8, 4) is 0 Å². The van der Waals surface area contributed by atoms with Crippen molar-refractivity contribution in [2.24, 2.45) is 17.8 Å². The molecule has 0 aromatic heterocycles. The highest BCUT2D eigenvalue weighted by atomic mass is 14.3. The Morgan fingerprint density at radius 1 is 1.00 bits per heavy atom. The van der Waals surface area contributed by atoms with Crippen LogP contribution in [0.5, 0.6) is 0 Å². The molecule has 0 spiro atoms. The molecule has 1 rings (SSSR count). The van der Waals surface area contributed by atoms with Gasteiger partial charge in [0.2, 0.25) is 0 Å². The van der Waals surface area contributed by atoms with Crippen LogP contribution >= 0.6 is 0 Å². The molecule has 0 atom stereocenters. The van der Waals surface area contributed by atoms with Crippen LogP contribution in [0.1, 0.15) is 66.2 Å². The van der Waals surface area contributed by atoms with Gasteiger partial charge in [-0.05, 0) is 17.8 Å². The monoisotopic (exact) mass is 206 g/mol. The largest absolute Gasteiger partial charge is 0.0749 e. The molecule has 2 radical (unpaired) electrons. The van der Waals surface area contributed by atoms with Crippen molar-refractivity contribution in [1.29, 1.82) is 0 Å². The molecule has 0 N–H and O–H groups in total. The van der Waals surface area contributed by atoms with Gasteiger partial charge in [0.05, 0.1) is 7.85 Å². The molecule has 0 aliphatic heterocycles. The summed E-state index contributed by atoms with van der Waals surface area (Å²) in [6.45, 7) is 9.29. The third-order valence-electron chi connectivity index (χ3n) is 4.53. The summed E-state index contributed by atoms with van der Waals surface area (Å²) in [5.74, 6) is 2.43. The van der Waals surface area contributed by atoms with Crippen LogP contribution in [0.25, 0.3) is 0 Å². The Labute approximate surface area is 97.6 Å². The third-order valence-corrected chi connectivity index (χ3v) is 4.53. The Morgan fingerprint density at radius 2 is 1.47 bits per heavy atom. The van der Waals surface area contributed by atoms with Crippen LogP contribution in [0, 0.1) is 17.8 Å². The zero-order valence-corrected chi connectivity index (χ0v) is 11.1. The zero-order valence-electron chi connectivity index (χ0n) is 11.1. The molecule has 0 aromatic rings. The highest BCUT2D eigenvalue weighted by Gasteiger charge is 2.29. The van der Waals surface area contributed by atoms with Gasteiger partial charge in [-0.1, -0.05) is 71.5 Å². The molecule has 1 aliphatic carbocycles. The van der Waals surface area contributed by atoms with Gasteiger partial charge in [-0.3, -0.25) is 0 Å². The van der Waals surface area contributed by atoms with Crippen molar-refractivity contribution < 1.29 is 0 Å². The van der Waals surface area contributed by atoms with Crippen LogP contribution in [0.4, 0.5) is 0 Å². The molecular formula is C14H27B. The predicted octanol–water partition coefficient (Wildman–Crippen LogP) is 4.60. The quantitative estimate of drug-likeness (QED) is 0.579. The van der Waals surface area contributed by atoms with Crippen molar-refractivity contribution >= 4 is 7.85 Å². The topological polar surface area (TPSA) is 0 Å². The van der Waals surface area contributed by atoms with Crippen LogP contribution in [-0.2, 0) is 0 Å². The molecule has 15 heavy (non-hydrogen) atoms. The smallest absolute Gasteiger partial charge is 0.0638 e. The lowest BCUT2D eigenvalue weighted by Crippen LogP contribution is -2.23. The molecule has 1 saturated carbocycles. The van der Waals surface area contributed by atoms with Crippen LogP contribution in [-0.4, -0.2) is 7.85 Å². The van der Waals surface area contributed by atoms with E-state index in [1.165, 1.54) is 38.5 Å². The van der Waals surface area contributed by atoms with E-state index < -0.39 is 0 Å². The maximum absolute atomic E-state index is 6.49. The van der Waals surface area contributed by atoms with Crippen molar-refractivity contribution in [3.63, 3.8) is 0 Å². The highest BCUT2D eigenvalue weighted by Crippen LogP contribution is 2.45. The van der Waals surface area contributed by atoms with E-state index in [-0.39, 0.29) is 5.31 Å². The maximum atomic E-state index is 6.49. The lowest BCUT2D eigenvalue weighted by Gasteiger charge is -2.38. The molecule has 0 bridgehead atoms. The minimum Gasteiger partial charge on any atom is -0.0638 e. The molecule has 0 saturated heterocycles. The van der Waals surface area contributed by atoms with Gasteiger partial charge in [-0.25, -0.2) is 0 Å². The fourth-order valence-corrected chi connectivity index (χ4v) is 2.90. The number of hydrogen-bond donors (Lipinski definition) is 0. The van der Waals surface area contributed by atoms with E-state index >= 15 is 0 Å². The molecule has 0 nitrogen and oxygen atoms in total. The summed E-state index contributed by atoms with van der Waals surface area (Å²) < 4.78 is 0. The van der Waals surface area contributed by atoms with Gasteiger partial charge in [0.15, 0.2) is 0 Å². The molecule has 0 aromatic carbocycles. The lowest BCUT2D eigenvalue weighted by atomic mass is 9.55. The first-order chi connectivity index (χ1) is 6.96. The summed E-state index contributed by atoms with van der Waals surface area (Å²) >= 11 is 0. The SMILES string of the molecule is [B]C1(C(C)C)CCCC(C(C)C)CCC1. The Morgan fingerprint density at radius 3 is 1.80 bits per heavy atom. The third kappa shape index (κ3) is 3.54. The second-order valence-corrected chi connectivity index (χ2v) is 6.18. The van der Waals surface area contributed by atoms with Gasteiger partial charge in [0, 0.05) is 0 Å². The van der Waals surface area contributed by atoms with Gasteiger partial charge in [-0.2, -0.15) is 0 Å². The highest BCUT2D eigenvalue weighted by molar-refractivity contribution is 6.15. The fourth-order valence-electron chi connectivity index (χ4n) is 2.90. The Balaban J connectivity index is 2.50. The molecule has 1 heteroatoms. The van der Waals surface area contributed by atoms with Crippen LogP contribution in [0.3, 0.4) is 0 Å². The summed E-state index contributed by atoms with van der Waals surface area (Å²) in [7, 11) is 6.49. The van der Waals surface area contributed by atoms with E-state index in [0.29, 0.717) is 5.92 Å². The van der Waals surface area contributed by atoms with Gasteiger partial charge in [0.1, 0.15) is 0 Å². The van der Waals surface area contributed by atoms with Gasteiger partial charge in [0.25, 0.3) is 0 Å². The summed E-state index contributed by atoms with van der Waals surface area (Å²) in [6, 6.07) is 0. The molecule has 0 heterocycles. The van der Waals surface area contributed by atoms with E-state index in [0.717, 1.165) is 11.8 Å². The number of hydrogen-bond acceptors (Lipinski definition) is 0. The standard InChI is InChI=1S/C14H27B/c1-11(2)13-7-5-9-14(15,12(3)4)10-6-8-13/h11-13H,5-10H2,1-4H3. The van der Waals surface area contributed by atoms with E-state index in [9.17, 15) is 0 Å². The van der Waals surface area contributed by atoms with Crippen LogP contribution < -0.4 is 0 Å². The molecule has 1 aliphatic rings. The Bertz CT molecular complexity index is 174.